The first kappa shape index (κ1) is 13.4. The average molecular weight is 265 g/mol. The third kappa shape index (κ3) is 3.48. The third-order valence-electron chi connectivity index (χ3n) is 2.85. The van der Waals surface area contributed by atoms with Crippen LogP contribution in [0.15, 0.2) is 23.4 Å². The molecular formula is C14H19NO2S. The Morgan fingerprint density at radius 3 is 3.00 bits per heavy atom. The number of ether oxygens (including phenoxy) is 1. The molecule has 0 saturated heterocycles. The van der Waals surface area contributed by atoms with Gasteiger partial charge in [0.25, 0.3) is 0 Å². The SMILES string of the molecule is CC(C)Sc1ncccc1OC1CCCCC1=O. The van der Waals surface area contributed by atoms with Gasteiger partial charge in [0.05, 0.1) is 0 Å². The molecule has 18 heavy (non-hydrogen) atoms. The molecule has 1 aromatic rings. The van der Waals surface area contributed by atoms with Crippen LogP contribution >= 0.6 is 11.8 Å². The van der Waals surface area contributed by atoms with E-state index in [0.717, 1.165) is 30.0 Å². The van der Waals surface area contributed by atoms with Crippen molar-refractivity contribution in [1.82, 2.24) is 4.98 Å². The molecule has 1 saturated carbocycles. The minimum absolute atomic E-state index is 0.227. The molecule has 4 heteroatoms. The van der Waals surface area contributed by atoms with Crippen molar-refractivity contribution in [3.63, 3.8) is 0 Å². The van der Waals surface area contributed by atoms with E-state index >= 15 is 0 Å². The lowest BCUT2D eigenvalue weighted by molar-refractivity contribution is -0.127. The van der Waals surface area contributed by atoms with E-state index in [0.29, 0.717) is 11.7 Å². The number of carbonyl (C=O) groups is 1. The van der Waals surface area contributed by atoms with Gasteiger partial charge in [-0.05, 0) is 31.4 Å². The Morgan fingerprint density at radius 2 is 2.28 bits per heavy atom. The molecule has 0 bridgehead atoms. The lowest BCUT2D eigenvalue weighted by atomic mass is 9.96. The standard InChI is InChI=1S/C14H19NO2S/c1-10(2)18-14-13(8-5-9-15-14)17-12-7-4-3-6-11(12)16/h5,8-10,12H,3-4,6-7H2,1-2H3. The summed E-state index contributed by atoms with van der Waals surface area (Å²) in [7, 11) is 0. The summed E-state index contributed by atoms with van der Waals surface area (Å²) in [5, 5.41) is 1.33. The van der Waals surface area contributed by atoms with Crippen LogP contribution in [-0.4, -0.2) is 22.1 Å². The van der Waals surface area contributed by atoms with Crippen molar-refractivity contribution in [3.8, 4) is 5.75 Å². The summed E-state index contributed by atoms with van der Waals surface area (Å²) in [6, 6.07) is 3.76. The molecule has 1 fully saturated rings. The molecule has 0 radical (unpaired) electrons. The average Bonchev–Trinajstić information content (AvgIpc) is 2.34. The summed E-state index contributed by atoms with van der Waals surface area (Å²) in [5.41, 5.74) is 0. The normalized spacial score (nSPS) is 20.2. The van der Waals surface area contributed by atoms with E-state index < -0.39 is 0 Å². The maximum Gasteiger partial charge on any atom is 0.173 e. The van der Waals surface area contributed by atoms with Crippen molar-refractivity contribution >= 4 is 17.5 Å². The van der Waals surface area contributed by atoms with E-state index in [1.54, 1.807) is 18.0 Å². The molecule has 0 aliphatic heterocycles. The van der Waals surface area contributed by atoms with Gasteiger partial charge in [0, 0.05) is 17.9 Å². The molecule has 1 aromatic heterocycles. The number of rotatable bonds is 4. The summed E-state index contributed by atoms with van der Waals surface area (Å²) in [5.74, 6) is 0.974. The predicted octanol–water partition coefficient (Wildman–Crippen LogP) is 3.47. The lowest BCUT2D eigenvalue weighted by Crippen LogP contribution is -2.30. The van der Waals surface area contributed by atoms with Gasteiger partial charge in [-0.25, -0.2) is 4.98 Å². The van der Waals surface area contributed by atoms with Crippen molar-refractivity contribution in [3.05, 3.63) is 18.3 Å². The number of nitrogens with zero attached hydrogens (tertiary/aromatic N) is 1. The van der Waals surface area contributed by atoms with Crippen LogP contribution in [0.4, 0.5) is 0 Å². The third-order valence-corrected chi connectivity index (χ3v) is 3.85. The van der Waals surface area contributed by atoms with E-state index in [9.17, 15) is 4.79 Å². The number of Topliss-reactive ketones (excluding diaryl/α,β-unsaturated/α-hetero) is 1. The molecule has 1 heterocycles. The van der Waals surface area contributed by atoms with Gasteiger partial charge >= 0.3 is 0 Å². The Labute approximate surface area is 112 Å². The second-order valence-corrected chi connectivity index (χ2v) is 6.36. The number of hydrogen-bond donors (Lipinski definition) is 0. The number of hydrogen-bond acceptors (Lipinski definition) is 4. The topological polar surface area (TPSA) is 39.2 Å². The van der Waals surface area contributed by atoms with E-state index in [1.165, 1.54) is 0 Å². The highest BCUT2D eigenvalue weighted by atomic mass is 32.2. The van der Waals surface area contributed by atoms with Crippen molar-refractivity contribution in [2.75, 3.05) is 0 Å². The van der Waals surface area contributed by atoms with Gasteiger partial charge < -0.3 is 4.74 Å². The van der Waals surface area contributed by atoms with Gasteiger partial charge in [-0.15, -0.1) is 0 Å². The fourth-order valence-corrected chi connectivity index (χ4v) is 2.81. The summed E-state index contributed by atoms with van der Waals surface area (Å²) in [6.07, 6.45) is 5.05. The van der Waals surface area contributed by atoms with Crippen LogP contribution in [0.2, 0.25) is 0 Å². The van der Waals surface area contributed by atoms with Gasteiger partial charge in [-0.3, -0.25) is 4.79 Å². The number of aromatic nitrogens is 1. The Morgan fingerprint density at radius 1 is 1.44 bits per heavy atom. The lowest BCUT2D eigenvalue weighted by Gasteiger charge is -2.22. The largest absolute Gasteiger partial charge is 0.480 e. The fourth-order valence-electron chi connectivity index (χ4n) is 2.01. The second-order valence-electron chi connectivity index (χ2n) is 4.79. The highest BCUT2D eigenvalue weighted by molar-refractivity contribution is 7.99. The molecule has 3 nitrogen and oxygen atoms in total. The van der Waals surface area contributed by atoms with E-state index in [1.807, 2.05) is 12.1 Å². The predicted molar refractivity (Wildman–Crippen MR) is 73.1 cm³/mol. The Hall–Kier alpha value is -1.03. The Balaban J connectivity index is 2.10. The quantitative estimate of drug-likeness (QED) is 0.781. The van der Waals surface area contributed by atoms with Crippen LogP contribution in [0.1, 0.15) is 39.5 Å². The highest BCUT2D eigenvalue weighted by Crippen LogP contribution is 2.31. The van der Waals surface area contributed by atoms with E-state index in [-0.39, 0.29) is 11.9 Å². The first-order valence-electron chi connectivity index (χ1n) is 6.48. The molecular weight excluding hydrogens is 246 g/mol. The van der Waals surface area contributed by atoms with Crippen LogP contribution in [-0.2, 0) is 4.79 Å². The molecule has 0 spiro atoms. The fraction of sp³-hybridized carbons (Fsp3) is 0.571. The zero-order valence-corrected chi connectivity index (χ0v) is 11.7. The number of pyridine rings is 1. The minimum atomic E-state index is -0.269. The summed E-state index contributed by atoms with van der Waals surface area (Å²) in [6.45, 7) is 4.24. The molecule has 98 valence electrons. The van der Waals surface area contributed by atoms with Crippen molar-refractivity contribution in [2.45, 2.75) is 55.9 Å². The van der Waals surface area contributed by atoms with Crippen LogP contribution < -0.4 is 4.74 Å². The van der Waals surface area contributed by atoms with Gasteiger partial charge in [0.15, 0.2) is 17.6 Å². The van der Waals surface area contributed by atoms with Crippen LogP contribution in [0, 0.1) is 0 Å². The van der Waals surface area contributed by atoms with Crippen LogP contribution in [0.5, 0.6) is 5.75 Å². The maximum atomic E-state index is 11.8. The summed E-state index contributed by atoms with van der Waals surface area (Å²) < 4.78 is 5.87. The molecule has 1 atom stereocenters. The van der Waals surface area contributed by atoms with Gasteiger partial charge in [-0.2, -0.15) is 0 Å². The summed E-state index contributed by atoms with van der Waals surface area (Å²) in [4.78, 5) is 16.1. The van der Waals surface area contributed by atoms with Gasteiger partial charge in [0.1, 0.15) is 5.03 Å². The molecule has 1 aliphatic rings. The molecule has 2 rings (SSSR count). The van der Waals surface area contributed by atoms with Gasteiger partial charge in [-0.1, -0.05) is 25.6 Å². The number of thioether (sulfide) groups is 1. The molecule has 1 unspecified atom stereocenters. The monoisotopic (exact) mass is 265 g/mol. The highest BCUT2D eigenvalue weighted by Gasteiger charge is 2.24. The number of carbonyl (C=O) groups excluding carboxylic acids is 1. The van der Waals surface area contributed by atoms with E-state index in [2.05, 4.69) is 18.8 Å². The van der Waals surface area contributed by atoms with Gasteiger partial charge in [0.2, 0.25) is 0 Å². The first-order valence-corrected chi connectivity index (χ1v) is 7.36. The second kappa shape index (κ2) is 6.23. The zero-order valence-electron chi connectivity index (χ0n) is 10.9. The first-order chi connectivity index (χ1) is 8.66. The van der Waals surface area contributed by atoms with E-state index in [4.69, 9.17) is 4.74 Å². The Kier molecular flexibility index (Phi) is 4.64. The van der Waals surface area contributed by atoms with Crippen molar-refractivity contribution in [1.29, 1.82) is 0 Å². The van der Waals surface area contributed by atoms with Crippen LogP contribution in [0.25, 0.3) is 0 Å². The molecule has 0 aromatic carbocycles. The smallest absolute Gasteiger partial charge is 0.173 e. The van der Waals surface area contributed by atoms with Crippen molar-refractivity contribution in [2.24, 2.45) is 0 Å². The van der Waals surface area contributed by atoms with Crippen molar-refractivity contribution < 1.29 is 9.53 Å². The molecule has 0 N–H and O–H groups in total. The minimum Gasteiger partial charge on any atom is -0.480 e. The zero-order chi connectivity index (χ0) is 13.0. The molecule has 0 amide bonds. The molecule has 1 aliphatic carbocycles. The van der Waals surface area contributed by atoms with Crippen LogP contribution in [0.3, 0.4) is 0 Å². The number of ketones is 1. The maximum absolute atomic E-state index is 11.8. The summed E-state index contributed by atoms with van der Waals surface area (Å²) >= 11 is 1.67. The Bertz CT molecular complexity index is 420.